The number of ether oxygens (including phenoxy) is 1. The Bertz CT molecular complexity index is 1530. The number of rotatable bonds is 2. The largest absolute Gasteiger partial charge is 0.416 e. The van der Waals surface area contributed by atoms with E-state index in [0.717, 1.165) is 29.0 Å². The molecule has 2 aromatic rings. The molecule has 0 aromatic heterocycles. The van der Waals surface area contributed by atoms with Gasteiger partial charge in [0.1, 0.15) is 5.60 Å². The molecule has 2 fully saturated rings. The number of hydrogen-bond acceptors (Lipinski definition) is 4. The summed E-state index contributed by atoms with van der Waals surface area (Å²) in [7, 11) is 3.99. The minimum absolute atomic E-state index is 0. The molecule has 0 unspecified atom stereocenters. The Hall–Kier alpha value is -2.29. The number of fused-ring (bicyclic) bond motifs is 4. The molecule has 238 valence electrons. The van der Waals surface area contributed by atoms with E-state index in [1.165, 1.54) is 17.2 Å². The molecule has 4 nitrogen and oxygen atoms in total. The van der Waals surface area contributed by atoms with Gasteiger partial charge < -0.3 is 14.7 Å². The molecule has 2 saturated carbocycles. The Labute approximate surface area is 278 Å². The van der Waals surface area contributed by atoms with E-state index in [1.807, 2.05) is 19.0 Å². The van der Waals surface area contributed by atoms with Crippen LogP contribution in [-0.2, 0) is 15.7 Å². The van der Waals surface area contributed by atoms with E-state index in [4.69, 9.17) is 4.74 Å². The van der Waals surface area contributed by atoms with Gasteiger partial charge in [0.05, 0.1) is 18.3 Å². The molecule has 0 spiro atoms. The van der Waals surface area contributed by atoms with Crippen molar-refractivity contribution in [2.45, 2.75) is 62.8 Å². The van der Waals surface area contributed by atoms with Crippen LogP contribution in [0.4, 0.5) is 18.9 Å². The summed E-state index contributed by atoms with van der Waals surface area (Å²) < 4.78 is 46.4. The van der Waals surface area contributed by atoms with Gasteiger partial charge in [0, 0.05) is 43.1 Å². The second kappa shape index (κ2) is 13.2. The van der Waals surface area contributed by atoms with Crippen LogP contribution in [0.15, 0.2) is 71.3 Å². The van der Waals surface area contributed by atoms with Crippen molar-refractivity contribution in [3.05, 3.63) is 88.0 Å². The third-order valence-corrected chi connectivity index (χ3v) is 9.78. The van der Waals surface area contributed by atoms with Crippen LogP contribution in [0, 0.1) is 23.2 Å². The molecular formula is C34H40F3NO3S3. The molecule has 3 aliphatic carbocycles. The minimum atomic E-state index is -4.46. The Morgan fingerprint density at radius 2 is 1.75 bits per heavy atom. The van der Waals surface area contributed by atoms with Gasteiger partial charge in [-0.25, -0.2) is 0 Å². The van der Waals surface area contributed by atoms with Gasteiger partial charge in [-0.2, -0.15) is 53.7 Å². The van der Waals surface area contributed by atoms with Gasteiger partial charge in [-0.05, 0) is 90.3 Å². The standard InChI is InChI=1S/C34H34F3NO3.3H2S/c1-32-19-28(22-7-9-25(10-8-22)38(2)3)30-27-12-11-26(39)18-23(27)20-41-31(30)29(32)14-16-33(32,40)15-13-21-5-4-6-24(17-21)34(35,36)37;;;/h4-10,17-18,28-29,31,40H,11-12,14,16,19-20H2,1-3H3;3*1H2/t28-,29+,31+,32+,33+;;;/m1.../s1. The smallest absolute Gasteiger partial charge is 0.378 e. The van der Waals surface area contributed by atoms with Crippen LogP contribution in [0.1, 0.15) is 61.6 Å². The summed E-state index contributed by atoms with van der Waals surface area (Å²) >= 11 is 0. The lowest BCUT2D eigenvalue weighted by molar-refractivity contribution is -0.137. The molecule has 4 aliphatic rings. The number of carbonyl (C=O) groups is 1. The summed E-state index contributed by atoms with van der Waals surface area (Å²) in [6.45, 7) is 2.43. The first-order chi connectivity index (χ1) is 19.4. The van der Waals surface area contributed by atoms with Gasteiger partial charge in [0.15, 0.2) is 5.78 Å². The molecule has 0 bridgehead atoms. The van der Waals surface area contributed by atoms with E-state index in [-0.39, 0.29) is 69.8 Å². The van der Waals surface area contributed by atoms with Crippen LogP contribution in [0.5, 0.6) is 0 Å². The maximum absolute atomic E-state index is 13.3. The van der Waals surface area contributed by atoms with E-state index >= 15 is 0 Å². The molecule has 2 aromatic carbocycles. The van der Waals surface area contributed by atoms with Crippen LogP contribution in [-0.4, -0.2) is 43.3 Å². The van der Waals surface area contributed by atoms with Crippen molar-refractivity contribution in [3.63, 3.8) is 0 Å². The maximum Gasteiger partial charge on any atom is 0.416 e. The summed E-state index contributed by atoms with van der Waals surface area (Å²) in [5, 5.41) is 12.1. The third kappa shape index (κ3) is 6.23. The van der Waals surface area contributed by atoms with Crippen molar-refractivity contribution in [3.8, 4) is 11.8 Å². The van der Waals surface area contributed by atoms with E-state index in [0.29, 0.717) is 38.7 Å². The fourth-order valence-electron chi connectivity index (χ4n) is 7.47. The van der Waals surface area contributed by atoms with Gasteiger partial charge in [-0.3, -0.25) is 4.79 Å². The highest BCUT2D eigenvalue weighted by Gasteiger charge is 2.63. The minimum Gasteiger partial charge on any atom is -0.378 e. The number of ketones is 1. The first-order valence-electron chi connectivity index (χ1n) is 14.2. The van der Waals surface area contributed by atoms with E-state index in [9.17, 15) is 23.1 Å². The molecule has 0 amide bonds. The molecular weight excluding hydrogens is 624 g/mol. The highest BCUT2D eigenvalue weighted by Crippen LogP contribution is 2.64. The quantitative estimate of drug-likeness (QED) is 0.360. The van der Waals surface area contributed by atoms with Crippen molar-refractivity contribution >= 4 is 52.0 Å². The van der Waals surface area contributed by atoms with E-state index in [2.05, 4.69) is 43.0 Å². The summed E-state index contributed by atoms with van der Waals surface area (Å²) in [6.07, 6.45) is -0.0641. The monoisotopic (exact) mass is 663 g/mol. The van der Waals surface area contributed by atoms with E-state index in [1.54, 1.807) is 12.1 Å². The highest BCUT2D eigenvalue weighted by atomic mass is 32.1. The van der Waals surface area contributed by atoms with Crippen molar-refractivity contribution < 1.29 is 27.8 Å². The average molecular weight is 664 g/mol. The molecule has 6 rings (SSSR count). The van der Waals surface area contributed by atoms with Crippen molar-refractivity contribution in [2.75, 3.05) is 25.6 Å². The van der Waals surface area contributed by atoms with Gasteiger partial charge in [0.25, 0.3) is 0 Å². The zero-order chi connectivity index (χ0) is 29.2. The second-order valence-electron chi connectivity index (χ2n) is 12.3. The first kappa shape index (κ1) is 36.2. The zero-order valence-electron chi connectivity index (χ0n) is 25.0. The number of nitrogens with zero attached hydrogens (tertiary/aromatic N) is 1. The number of anilines is 1. The topological polar surface area (TPSA) is 49.8 Å². The third-order valence-electron chi connectivity index (χ3n) is 9.78. The molecule has 0 saturated heterocycles. The summed E-state index contributed by atoms with van der Waals surface area (Å²) in [5.74, 6) is 6.00. The Morgan fingerprint density at radius 1 is 1.05 bits per heavy atom. The van der Waals surface area contributed by atoms with Gasteiger partial charge >= 0.3 is 6.18 Å². The van der Waals surface area contributed by atoms with Crippen LogP contribution >= 0.6 is 40.5 Å². The first-order valence-corrected chi connectivity index (χ1v) is 14.2. The van der Waals surface area contributed by atoms with Crippen LogP contribution < -0.4 is 4.90 Å². The van der Waals surface area contributed by atoms with Crippen LogP contribution in [0.2, 0.25) is 0 Å². The number of allylic oxidation sites excluding steroid dienone is 1. The summed E-state index contributed by atoms with van der Waals surface area (Å²) in [5.41, 5.74) is 3.00. The Kier molecular flexibility index (Phi) is 10.9. The van der Waals surface area contributed by atoms with Crippen molar-refractivity contribution in [1.29, 1.82) is 0 Å². The molecule has 1 heterocycles. The number of alkyl halides is 3. The lowest BCUT2D eigenvalue weighted by Gasteiger charge is -2.53. The SMILES string of the molecule is CN(C)c1ccc([C@H]2C[C@@]3(C)[C@@H](CC[C@@]3(O)C#Cc3cccc(C(F)(F)F)c3)[C@@H]3OCC4=CC(=O)CCC4=C32)cc1.S.S.S. The maximum atomic E-state index is 13.3. The van der Waals surface area contributed by atoms with Crippen LogP contribution in [0.25, 0.3) is 0 Å². The number of carbonyl (C=O) groups excluding carboxylic acids is 1. The number of aliphatic hydroxyl groups is 1. The molecule has 10 heteroatoms. The van der Waals surface area contributed by atoms with Gasteiger partial charge in [-0.1, -0.05) is 37.0 Å². The zero-order valence-corrected chi connectivity index (χ0v) is 28.0. The van der Waals surface area contributed by atoms with Crippen molar-refractivity contribution in [1.82, 2.24) is 0 Å². The average Bonchev–Trinajstić information content (AvgIpc) is 3.21. The normalized spacial score (nSPS) is 28.8. The fraction of sp³-hybridized carbons (Fsp3) is 0.441. The van der Waals surface area contributed by atoms with Gasteiger partial charge in [-0.15, -0.1) is 0 Å². The number of benzene rings is 2. The fourth-order valence-corrected chi connectivity index (χ4v) is 7.47. The number of hydrogen-bond donors (Lipinski definition) is 1. The Morgan fingerprint density at radius 3 is 2.41 bits per heavy atom. The molecule has 1 N–H and O–H groups in total. The summed E-state index contributed by atoms with van der Waals surface area (Å²) in [4.78, 5) is 14.3. The predicted molar refractivity (Wildman–Crippen MR) is 182 cm³/mol. The summed E-state index contributed by atoms with van der Waals surface area (Å²) in [6, 6.07) is 13.4. The lowest BCUT2D eigenvalue weighted by Crippen LogP contribution is -2.53. The van der Waals surface area contributed by atoms with Gasteiger partial charge in [0.2, 0.25) is 0 Å². The second-order valence-corrected chi connectivity index (χ2v) is 12.3. The predicted octanol–water partition coefficient (Wildman–Crippen LogP) is 6.78. The molecule has 5 atom stereocenters. The highest BCUT2D eigenvalue weighted by molar-refractivity contribution is 7.59. The molecule has 0 radical (unpaired) electrons. The molecule has 1 aliphatic heterocycles. The Balaban J connectivity index is 0.00000176. The number of halogens is 3. The van der Waals surface area contributed by atoms with Crippen molar-refractivity contribution in [2.24, 2.45) is 11.3 Å². The lowest BCUT2D eigenvalue weighted by atomic mass is 9.55. The molecule has 44 heavy (non-hydrogen) atoms. The van der Waals surface area contributed by atoms with Crippen LogP contribution in [0.3, 0.4) is 0 Å². The van der Waals surface area contributed by atoms with E-state index < -0.39 is 22.8 Å².